The highest BCUT2D eigenvalue weighted by molar-refractivity contribution is 5.78. The molecular formula is C15H30N2O2. The molecule has 0 saturated carbocycles. The van der Waals surface area contributed by atoms with Crippen molar-refractivity contribution in [1.29, 1.82) is 0 Å². The first-order chi connectivity index (χ1) is 8.99. The Bertz CT molecular complexity index is 273. The number of nitrogens with one attached hydrogen (secondary N) is 1. The van der Waals surface area contributed by atoms with Gasteiger partial charge in [0.25, 0.3) is 0 Å². The summed E-state index contributed by atoms with van der Waals surface area (Å²) in [6, 6.07) is 0.293. The average Bonchev–Trinajstić information content (AvgIpc) is 2.33. The second-order valence-electron chi connectivity index (χ2n) is 6.28. The van der Waals surface area contributed by atoms with Crippen LogP contribution >= 0.6 is 0 Å². The summed E-state index contributed by atoms with van der Waals surface area (Å²) in [6.07, 6.45) is 4.38. The summed E-state index contributed by atoms with van der Waals surface area (Å²) >= 11 is 0. The third-order valence-corrected chi connectivity index (χ3v) is 4.05. The molecule has 4 nitrogen and oxygen atoms in total. The number of carbonyl (C=O) groups is 1. The van der Waals surface area contributed by atoms with Crippen LogP contribution in [0.25, 0.3) is 0 Å². The molecule has 0 spiro atoms. The molecule has 0 bridgehead atoms. The van der Waals surface area contributed by atoms with E-state index in [0.29, 0.717) is 12.6 Å². The Labute approximate surface area is 117 Å². The second kappa shape index (κ2) is 7.85. The number of methoxy groups -OCH3 is 1. The summed E-state index contributed by atoms with van der Waals surface area (Å²) in [4.78, 5) is 14.2. The van der Waals surface area contributed by atoms with Crippen LogP contribution in [0.15, 0.2) is 0 Å². The minimum absolute atomic E-state index is 0.163. The fourth-order valence-electron chi connectivity index (χ4n) is 2.77. The van der Waals surface area contributed by atoms with Gasteiger partial charge in [-0.05, 0) is 44.7 Å². The maximum Gasteiger partial charge on any atom is 0.234 e. The monoisotopic (exact) mass is 270 g/mol. The smallest absolute Gasteiger partial charge is 0.234 e. The topological polar surface area (TPSA) is 41.6 Å². The molecule has 1 unspecified atom stereocenters. The SMILES string of the molecule is CCCC(C)NC(=O)CN1CCC(C)(COC)CC1. The second-order valence-corrected chi connectivity index (χ2v) is 6.28. The Balaban J connectivity index is 2.27. The molecule has 1 atom stereocenters. The van der Waals surface area contributed by atoms with E-state index in [2.05, 4.69) is 31.0 Å². The van der Waals surface area contributed by atoms with Crippen molar-refractivity contribution in [2.75, 3.05) is 33.4 Å². The lowest BCUT2D eigenvalue weighted by Gasteiger charge is -2.38. The summed E-state index contributed by atoms with van der Waals surface area (Å²) in [7, 11) is 1.76. The maximum atomic E-state index is 11.9. The van der Waals surface area contributed by atoms with E-state index in [4.69, 9.17) is 4.74 Å². The van der Waals surface area contributed by atoms with Crippen LogP contribution in [-0.2, 0) is 9.53 Å². The van der Waals surface area contributed by atoms with Crippen molar-refractivity contribution in [3.63, 3.8) is 0 Å². The Morgan fingerprint density at radius 3 is 2.58 bits per heavy atom. The molecular weight excluding hydrogens is 240 g/mol. The molecule has 112 valence electrons. The zero-order valence-corrected chi connectivity index (χ0v) is 13.0. The minimum Gasteiger partial charge on any atom is -0.384 e. The van der Waals surface area contributed by atoms with Crippen LogP contribution in [0, 0.1) is 5.41 Å². The molecule has 0 aromatic rings. The van der Waals surface area contributed by atoms with E-state index >= 15 is 0 Å². The first-order valence-electron chi connectivity index (χ1n) is 7.50. The van der Waals surface area contributed by atoms with Crippen molar-refractivity contribution in [3.05, 3.63) is 0 Å². The van der Waals surface area contributed by atoms with E-state index < -0.39 is 0 Å². The van der Waals surface area contributed by atoms with Gasteiger partial charge in [0.15, 0.2) is 0 Å². The predicted molar refractivity (Wildman–Crippen MR) is 78.2 cm³/mol. The van der Waals surface area contributed by atoms with Crippen molar-refractivity contribution in [1.82, 2.24) is 10.2 Å². The number of hydrogen-bond donors (Lipinski definition) is 1. The van der Waals surface area contributed by atoms with E-state index in [1.807, 2.05) is 0 Å². The lowest BCUT2D eigenvalue weighted by molar-refractivity contribution is -0.123. The zero-order chi connectivity index (χ0) is 14.3. The molecule has 0 aliphatic carbocycles. The van der Waals surface area contributed by atoms with Gasteiger partial charge in [0.2, 0.25) is 5.91 Å². The number of likely N-dealkylation sites (tertiary alicyclic amines) is 1. The minimum atomic E-state index is 0.163. The van der Waals surface area contributed by atoms with Gasteiger partial charge in [0, 0.05) is 13.2 Å². The first-order valence-corrected chi connectivity index (χ1v) is 7.50. The van der Waals surface area contributed by atoms with E-state index in [9.17, 15) is 4.79 Å². The van der Waals surface area contributed by atoms with Gasteiger partial charge in [-0.3, -0.25) is 9.69 Å². The molecule has 0 aromatic carbocycles. The summed E-state index contributed by atoms with van der Waals surface area (Å²) in [5.74, 6) is 0.163. The Morgan fingerprint density at radius 2 is 2.05 bits per heavy atom. The van der Waals surface area contributed by atoms with Crippen LogP contribution in [0.1, 0.15) is 46.5 Å². The fourth-order valence-corrected chi connectivity index (χ4v) is 2.77. The standard InChI is InChI=1S/C15H30N2O2/c1-5-6-13(2)16-14(18)11-17-9-7-15(3,8-10-17)12-19-4/h13H,5-12H2,1-4H3,(H,16,18). The van der Waals surface area contributed by atoms with E-state index in [0.717, 1.165) is 45.4 Å². The van der Waals surface area contributed by atoms with Gasteiger partial charge in [-0.1, -0.05) is 20.3 Å². The third-order valence-electron chi connectivity index (χ3n) is 4.05. The third kappa shape index (κ3) is 5.91. The number of amides is 1. The van der Waals surface area contributed by atoms with E-state index in [1.165, 1.54) is 0 Å². The Morgan fingerprint density at radius 1 is 1.42 bits per heavy atom. The molecule has 1 aliphatic rings. The largest absolute Gasteiger partial charge is 0.384 e. The highest BCUT2D eigenvalue weighted by Crippen LogP contribution is 2.30. The van der Waals surface area contributed by atoms with Crippen molar-refractivity contribution >= 4 is 5.91 Å². The van der Waals surface area contributed by atoms with Crippen molar-refractivity contribution in [2.24, 2.45) is 5.41 Å². The van der Waals surface area contributed by atoms with Crippen LogP contribution in [0.5, 0.6) is 0 Å². The maximum absolute atomic E-state index is 11.9. The van der Waals surface area contributed by atoms with Gasteiger partial charge in [-0.15, -0.1) is 0 Å². The molecule has 19 heavy (non-hydrogen) atoms. The van der Waals surface area contributed by atoms with Crippen LogP contribution < -0.4 is 5.32 Å². The number of ether oxygens (including phenoxy) is 1. The summed E-state index contributed by atoms with van der Waals surface area (Å²) in [6.45, 7) is 9.84. The molecule has 0 aromatic heterocycles. The molecule has 1 rings (SSSR count). The number of nitrogens with zero attached hydrogens (tertiary/aromatic N) is 1. The van der Waals surface area contributed by atoms with Crippen LogP contribution in [0.4, 0.5) is 0 Å². The highest BCUT2D eigenvalue weighted by atomic mass is 16.5. The Kier molecular flexibility index (Phi) is 6.80. The van der Waals surface area contributed by atoms with Crippen LogP contribution in [0.2, 0.25) is 0 Å². The van der Waals surface area contributed by atoms with E-state index in [-0.39, 0.29) is 11.3 Å². The summed E-state index contributed by atoms with van der Waals surface area (Å²) in [5, 5.41) is 3.07. The predicted octanol–water partition coefficient (Wildman–Crippen LogP) is 2.04. The van der Waals surface area contributed by atoms with Crippen molar-refractivity contribution in [3.8, 4) is 0 Å². The van der Waals surface area contributed by atoms with Gasteiger partial charge >= 0.3 is 0 Å². The molecule has 0 radical (unpaired) electrons. The average molecular weight is 270 g/mol. The van der Waals surface area contributed by atoms with Crippen molar-refractivity contribution < 1.29 is 9.53 Å². The van der Waals surface area contributed by atoms with Crippen LogP contribution in [-0.4, -0.2) is 50.2 Å². The van der Waals surface area contributed by atoms with Gasteiger partial charge in [-0.2, -0.15) is 0 Å². The van der Waals surface area contributed by atoms with E-state index in [1.54, 1.807) is 7.11 Å². The highest BCUT2D eigenvalue weighted by Gasteiger charge is 2.30. The first kappa shape index (κ1) is 16.4. The molecule has 1 fully saturated rings. The number of carbonyl (C=O) groups excluding carboxylic acids is 1. The zero-order valence-electron chi connectivity index (χ0n) is 13.0. The number of rotatable bonds is 7. The summed E-state index contributed by atoms with van der Waals surface area (Å²) in [5.41, 5.74) is 0.289. The lowest BCUT2D eigenvalue weighted by Crippen LogP contribution is -2.46. The normalized spacial score (nSPS) is 21.1. The molecule has 4 heteroatoms. The molecule has 1 aliphatic heterocycles. The lowest BCUT2D eigenvalue weighted by atomic mass is 9.81. The molecule has 1 N–H and O–H groups in total. The quantitative estimate of drug-likeness (QED) is 0.770. The van der Waals surface area contributed by atoms with Crippen molar-refractivity contribution in [2.45, 2.75) is 52.5 Å². The number of hydrogen-bond acceptors (Lipinski definition) is 3. The Hall–Kier alpha value is -0.610. The van der Waals surface area contributed by atoms with Gasteiger partial charge in [0.05, 0.1) is 13.2 Å². The fraction of sp³-hybridized carbons (Fsp3) is 0.933. The number of piperidine rings is 1. The van der Waals surface area contributed by atoms with Crippen LogP contribution in [0.3, 0.4) is 0 Å². The summed E-state index contributed by atoms with van der Waals surface area (Å²) < 4.78 is 5.28. The molecule has 1 amide bonds. The van der Waals surface area contributed by atoms with Gasteiger partial charge < -0.3 is 10.1 Å². The van der Waals surface area contributed by atoms with Gasteiger partial charge in [0.1, 0.15) is 0 Å². The molecule has 1 saturated heterocycles. The molecule has 1 heterocycles. The van der Waals surface area contributed by atoms with Gasteiger partial charge in [-0.25, -0.2) is 0 Å².